The zero-order valence-electron chi connectivity index (χ0n) is 11.1. The molecule has 0 amide bonds. The zero-order valence-corrected chi connectivity index (χ0v) is 11.1. The van der Waals surface area contributed by atoms with E-state index in [0.717, 1.165) is 36.2 Å². The normalized spacial score (nSPS) is 11.1. The van der Waals surface area contributed by atoms with Gasteiger partial charge in [-0.1, -0.05) is 6.07 Å². The minimum Gasteiger partial charge on any atom is -0.346 e. The maximum Gasteiger partial charge on any atom is 0.123 e. The van der Waals surface area contributed by atoms with Crippen molar-refractivity contribution >= 4 is 10.9 Å². The van der Waals surface area contributed by atoms with Crippen LogP contribution in [0.15, 0.2) is 54.9 Å². The molecular formula is C16H16FN3. The molecule has 0 fully saturated rings. The molecule has 0 aliphatic rings. The van der Waals surface area contributed by atoms with Gasteiger partial charge in [0.15, 0.2) is 0 Å². The summed E-state index contributed by atoms with van der Waals surface area (Å²) in [7, 11) is 0. The molecule has 0 aliphatic carbocycles. The third kappa shape index (κ3) is 2.86. The summed E-state index contributed by atoms with van der Waals surface area (Å²) in [6.45, 7) is 2.45. The zero-order chi connectivity index (χ0) is 13.8. The summed E-state index contributed by atoms with van der Waals surface area (Å²) in [5.41, 5.74) is 2.10. The largest absolute Gasteiger partial charge is 0.346 e. The van der Waals surface area contributed by atoms with Gasteiger partial charge in [0.25, 0.3) is 0 Å². The van der Waals surface area contributed by atoms with Crippen molar-refractivity contribution in [1.82, 2.24) is 14.9 Å². The summed E-state index contributed by atoms with van der Waals surface area (Å²) in [5, 5.41) is 4.30. The second-order valence-electron chi connectivity index (χ2n) is 4.71. The second kappa shape index (κ2) is 5.84. The number of aromatic nitrogens is 2. The highest BCUT2D eigenvalue weighted by Crippen LogP contribution is 2.16. The van der Waals surface area contributed by atoms with Gasteiger partial charge in [0.1, 0.15) is 5.82 Å². The van der Waals surface area contributed by atoms with Crippen LogP contribution in [0.5, 0.6) is 0 Å². The van der Waals surface area contributed by atoms with Crippen molar-refractivity contribution in [2.75, 3.05) is 6.54 Å². The van der Waals surface area contributed by atoms with Crippen LogP contribution < -0.4 is 5.32 Å². The first-order chi connectivity index (χ1) is 9.83. The van der Waals surface area contributed by atoms with Gasteiger partial charge in [0.05, 0.1) is 5.69 Å². The van der Waals surface area contributed by atoms with Gasteiger partial charge in [-0.2, -0.15) is 0 Å². The number of hydrogen-bond donors (Lipinski definition) is 1. The lowest BCUT2D eigenvalue weighted by molar-refractivity contribution is 0.602. The van der Waals surface area contributed by atoms with Gasteiger partial charge in [-0.15, -0.1) is 0 Å². The van der Waals surface area contributed by atoms with E-state index in [0.29, 0.717) is 0 Å². The molecule has 0 spiro atoms. The molecule has 2 aromatic heterocycles. The maximum atomic E-state index is 13.1. The molecule has 102 valence electrons. The number of fused-ring (bicyclic) bond motifs is 1. The van der Waals surface area contributed by atoms with E-state index in [2.05, 4.69) is 14.9 Å². The molecule has 4 heteroatoms. The minimum atomic E-state index is -0.191. The van der Waals surface area contributed by atoms with E-state index in [1.165, 1.54) is 6.07 Å². The third-order valence-electron chi connectivity index (χ3n) is 3.29. The fourth-order valence-corrected chi connectivity index (χ4v) is 2.28. The molecule has 0 bridgehead atoms. The highest BCUT2D eigenvalue weighted by molar-refractivity contribution is 5.80. The molecule has 0 saturated carbocycles. The molecule has 0 radical (unpaired) electrons. The Labute approximate surface area is 117 Å². The van der Waals surface area contributed by atoms with Crippen LogP contribution in [0.4, 0.5) is 4.39 Å². The average Bonchev–Trinajstić information content (AvgIpc) is 2.87. The standard InChI is InChI=1S/C16H16FN3/c17-14-4-5-16-13(11-14)6-9-20(16)10-8-18-12-15-3-1-2-7-19-15/h1-7,9,11,18H,8,10,12H2. The first-order valence-corrected chi connectivity index (χ1v) is 6.68. The van der Waals surface area contributed by atoms with E-state index >= 15 is 0 Å². The smallest absolute Gasteiger partial charge is 0.123 e. The van der Waals surface area contributed by atoms with Gasteiger partial charge in [0.2, 0.25) is 0 Å². The van der Waals surface area contributed by atoms with E-state index in [1.54, 1.807) is 12.3 Å². The molecule has 3 aromatic rings. The Hall–Kier alpha value is -2.20. The number of rotatable bonds is 5. The lowest BCUT2D eigenvalue weighted by atomic mass is 10.2. The van der Waals surface area contributed by atoms with Crippen LogP contribution in [0.3, 0.4) is 0 Å². The minimum absolute atomic E-state index is 0.191. The van der Waals surface area contributed by atoms with Crippen LogP contribution in [-0.4, -0.2) is 16.1 Å². The molecule has 1 N–H and O–H groups in total. The molecule has 3 nitrogen and oxygen atoms in total. The highest BCUT2D eigenvalue weighted by atomic mass is 19.1. The summed E-state index contributed by atoms with van der Waals surface area (Å²) < 4.78 is 15.2. The van der Waals surface area contributed by atoms with E-state index < -0.39 is 0 Å². The summed E-state index contributed by atoms with van der Waals surface area (Å²) in [5.74, 6) is -0.191. The molecular weight excluding hydrogens is 253 g/mol. The van der Waals surface area contributed by atoms with Gasteiger partial charge < -0.3 is 9.88 Å². The Kier molecular flexibility index (Phi) is 3.74. The second-order valence-corrected chi connectivity index (χ2v) is 4.71. The number of halogens is 1. The van der Waals surface area contributed by atoms with Crippen molar-refractivity contribution in [2.45, 2.75) is 13.1 Å². The van der Waals surface area contributed by atoms with Gasteiger partial charge in [-0.05, 0) is 36.4 Å². The molecule has 1 aromatic carbocycles. The summed E-state index contributed by atoms with van der Waals surface area (Å²) >= 11 is 0. The Morgan fingerprint density at radius 3 is 2.95 bits per heavy atom. The molecule has 0 atom stereocenters. The third-order valence-corrected chi connectivity index (χ3v) is 3.29. The topological polar surface area (TPSA) is 29.9 Å². The average molecular weight is 269 g/mol. The van der Waals surface area contributed by atoms with Crippen LogP contribution in [0, 0.1) is 5.82 Å². The predicted molar refractivity (Wildman–Crippen MR) is 77.8 cm³/mol. The fourth-order valence-electron chi connectivity index (χ4n) is 2.28. The number of hydrogen-bond acceptors (Lipinski definition) is 2. The highest BCUT2D eigenvalue weighted by Gasteiger charge is 2.01. The molecule has 20 heavy (non-hydrogen) atoms. The van der Waals surface area contributed by atoms with Crippen molar-refractivity contribution in [2.24, 2.45) is 0 Å². The first-order valence-electron chi connectivity index (χ1n) is 6.68. The van der Waals surface area contributed by atoms with Gasteiger partial charge in [-0.3, -0.25) is 4.98 Å². The van der Waals surface area contributed by atoms with Crippen LogP contribution in [0.2, 0.25) is 0 Å². The van der Waals surface area contributed by atoms with Crippen LogP contribution in [-0.2, 0) is 13.1 Å². The quantitative estimate of drug-likeness (QED) is 0.722. The SMILES string of the molecule is Fc1ccc2c(ccn2CCNCc2ccccn2)c1. The number of nitrogens with zero attached hydrogens (tertiary/aromatic N) is 2. The van der Waals surface area contributed by atoms with Crippen molar-refractivity contribution in [3.05, 3.63) is 66.4 Å². The van der Waals surface area contributed by atoms with Gasteiger partial charge in [-0.25, -0.2) is 4.39 Å². The Bertz CT molecular complexity index is 691. The predicted octanol–water partition coefficient (Wildman–Crippen LogP) is 2.97. The maximum absolute atomic E-state index is 13.1. The fraction of sp³-hybridized carbons (Fsp3) is 0.188. The van der Waals surface area contributed by atoms with E-state index in [1.807, 2.05) is 36.5 Å². The lowest BCUT2D eigenvalue weighted by Crippen LogP contribution is -2.19. The molecule has 0 unspecified atom stereocenters. The number of pyridine rings is 1. The molecule has 3 rings (SSSR count). The Balaban J connectivity index is 1.58. The summed E-state index contributed by atoms with van der Waals surface area (Å²) in [4.78, 5) is 4.26. The monoisotopic (exact) mass is 269 g/mol. The Morgan fingerprint density at radius 1 is 1.15 bits per heavy atom. The lowest BCUT2D eigenvalue weighted by Gasteiger charge is -2.07. The van der Waals surface area contributed by atoms with E-state index in [9.17, 15) is 4.39 Å². The summed E-state index contributed by atoms with van der Waals surface area (Å²) in [6, 6.07) is 12.7. The van der Waals surface area contributed by atoms with Crippen molar-refractivity contribution in [3.63, 3.8) is 0 Å². The van der Waals surface area contributed by atoms with Crippen molar-refractivity contribution in [3.8, 4) is 0 Å². The number of nitrogens with one attached hydrogen (secondary N) is 1. The van der Waals surface area contributed by atoms with Crippen LogP contribution in [0.25, 0.3) is 10.9 Å². The van der Waals surface area contributed by atoms with Crippen LogP contribution >= 0.6 is 0 Å². The van der Waals surface area contributed by atoms with E-state index in [4.69, 9.17) is 0 Å². The first kappa shape index (κ1) is 12.8. The summed E-state index contributed by atoms with van der Waals surface area (Å²) in [6.07, 6.45) is 3.79. The van der Waals surface area contributed by atoms with E-state index in [-0.39, 0.29) is 5.82 Å². The molecule has 0 saturated heterocycles. The molecule has 0 aliphatic heterocycles. The molecule has 2 heterocycles. The van der Waals surface area contributed by atoms with Gasteiger partial charge >= 0.3 is 0 Å². The Morgan fingerprint density at radius 2 is 2.10 bits per heavy atom. The van der Waals surface area contributed by atoms with Crippen molar-refractivity contribution in [1.29, 1.82) is 0 Å². The number of benzene rings is 1. The van der Waals surface area contributed by atoms with Crippen molar-refractivity contribution < 1.29 is 4.39 Å². The van der Waals surface area contributed by atoms with Crippen LogP contribution in [0.1, 0.15) is 5.69 Å². The van der Waals surface area contributed by atoms with Gasteiger partial charge in [0, 0.05) is 42.9 Å².